The molecule has 6 heteroatoms. The number of nitrogens with two attached hydrogens (primary N) is 1. The Hall–Kier alpha value is -4.19. The second-order valence-corrected chi connectivity index (χ2v) is 10.7. The number of benzene rings is 3. The van der Waals surface area contributed by atoms with Crippen molar-refractivity contribution in [1.82, 2.24) is 5.32 Å². The lowest BCUT2D eigenvalue weighted by Crippen LogP contribution is -2.42. The lowest BCUT2D eigenvalue weighted by Gasteiger charge is -2.27. The topological polar surface area (TPSA) is 108 Å². The summed E-state index contributed by atoms with van der Waals surface area (Å²) >= 11 is 0. The second-order valence-electron chi connectivity index (χ2n) is 10.7. The van der Waals surface area contributed by atoms with Crippen molar-refractivity contribution < 1.29 is 9.59 Å². The first-order valence-electron chi connectivity index (χ1n) is 13.9. The maximum Gasteiger partial charge on any atom is 0.248 e. The maximum absolute atomic E-state index is 13.7. The molecule has 1 atom stereocenters. The Morgan fingerprint density at radius 2 is 1.51 bits per heavy atom. The van der Waals surface area contributed by atoms with Crippen LogP contribution >= 0.6 is 0 Å². The van der Waals surface area contributed by atoms with E-state index in [1.54, 1.807) is 18.2 Å². The number of fused-ring (bicyclic) bond motifs is 1. The van der Waals surface area contributed by atoms with E-state index >= 15 is 0 Å². The molecule has 5 N–H and O–H groups in total. The maximum atomic E-state index is 13.7. The third-order valence-corrected chi connectivity index (χ3v) is 7.93. The predicted molar refractivity (Wildman–Crippen MR) is 158 cm³/mol. The van der Waals surface area contributed by atoms with Gasteiger partial charge in [0.05, 0.1) is 11.4 Å². The largest absolute Gasteiger partial charge is 0.397 e. The average molecular weight is 521 g/mol. The van der Waals surface area contributed by atoms with Gasteiger partial charge in [0.15, 0.2) is 0 Å². The highest BCUT2D eigenvalue weighted by Gasteiger charge is 2.34. The second kappa shape index (κ2) is 12.1. The van der Waals surface area contributed by atoms with Gasteiger partial charge in [0.2, 0.25) is 11.8 Å². The number of hydrogen-bond acceptors (Lipinski definition) is 4. The van der Waals surface area contributed by atoms with Gasteiger partial charge in [-0.05, 0) is 66.1 Å². The summed E-state index contributed by atoms with van der Waals surface area (Å²) < 4.78 is 0. The highest BCUT2D eigenvalue weighted by atomic mass is 16.2. The molecule has 0 bridgehead atoms. The van der Waals surface area contributed by atoms with Gasteiger partial charge in [0, 0.05) is 23.7 Å². The van der Waals surface area contributed by atoms with Gasteiger partial charge in [-0.15, -0.1) is 0 Å². The lowest BCUT2D eigenvalue weighted by atomic mass is 9.83. The van der Waals surface area contributed by atoms with E-state index in [1.807, 2.05) is 48.5 Å². The average Bonchev–Trinajstić information content (AvgIpc) is 3.39. The molecular formula is C33H36N4O2. The number of para-hydroxylation sites is 2. The number of amides is 2. The molecular weight excluding hydrogens is 484 g/mol. The Labute approximate surface area is 230 Å². The molecule has 0 aliphatic heterocycles. The minimum Gasteiger partial charge on any atom is -0.397 e. The SMILES string of the molecule is N=C(C1Cc2ccccc2C1)C(C(=O)NC1CCCCC1)c1ccc(/C=C/C(=O)Nc2ccccc2N)cc1. The first-order valence-corrected chi connectivity index (χ1v) is 13.9. The summed E-state index contributed by atoms with van der Waals surface area (Å²) in [5.41, 5.74) is 11.7. The monoisotopic (exact) mass is 520 g/mol. The molecule has 0 saturated heterocycles. The molecule has 0 heterocycles. The molecule has 5 rings (SSSR count). The third-order valence-electron chi connectivity index (χ3n) is 7.93. The van der Waals surface area contributed by atoms with Crippen LogP contribution in [0, 0.1) is 11.3 Å². The zero-order valence-electron chi connectivity index (χ0n) is 22.2. The van der Waals surface area contributed by atoms with Crippen LogP contribution in [-0.4, -0.2) is 23.6 Å². The highest BCUT2D eigenvalue weighted by Crippen LogP contribution is 2.33. The fourth-order valence-corrected chi connectivity index (χ4v) is 5.77. The highest BCUT2D eigenvalue weighted by molar-refractivity contribution is 6.09. The molecule has 2 aliphatic rings. The molecule has 0 spiro atoms. The summed E-state index contributed by atoms with van der Waals surface area (Å²) in [5, 5.41) is 15.2. The van der Waals surface area contributed by atoms with Gasteiger partial charge in [-0.2, -0.15) is 0 Å². The summed E-state index contributed by atoms with van der Waals surface area (Å²) in [6.45, 7) is 0. The summed E-state index contributed by atoms with van der Waals surface area (Å²) in [6, 6.07) is 23.3. The summed E-state index contributed by atoms with van der Waals surface area (Å²) in [4.78, 5) is 26.0. The molecule has 6 nitrogen and oxygen atoms in total. The predicted octanol–water partition coefficient (Wildman–Crippen LogP) is 5.89. The van der Waals surface area contributed by atoms with Gasteiger partial charge in [0.25, 0.3) is 0 Å². The van der Waals surface area contributed by atoms with Crippen molar-refractivity contribution in [2.75, 3.05) is 11.1 Å². The Morgan fingerprint density at radius 3 is 2.18 bits per heavy atom. The first kappa shape index (κ1) is 26.4. The van der Waals surface area contributed by atoms with Crippen molar-refractivity contribution in [2.45, 2.75) is 56.9 Å². The van der Waals surface area contributed by atoms with Gasteiger partial charge in [-0.25, -0.2) is 0 Å². The molecule has 39 heavy (non-hydrogen) atoms. The van der Waals surface area contributed by atoms with Crippen LogP contribution in [0.25, 0.3) is 6.08 Å². The minimum absolute atomic E-state index is 0.0122. The number of anilines is 2. The number of carbonyl (C=O) groups is 2. The molecule has 3 aromatic rings. The van der Waals surface area contributed by atoms with E-state index in [1.165, 1.54) is 23.6 Å². The fraction of sp³-hybridized carbons (Fsp3) is 0.303. The summed E-state index contributed by atoms with van der Waals surface area (Å²) in [6.07, 6.45) is 10.3. The quantitative estimate of drug-likeness (QED) is 0.169. The fourth-order valence-electron chi connectivity index (χ4n) is 5.77. The summed E-state index contributed by atoms with van der Waals surface area (Å²) in [7, 11) is 0. The molecule has 200 valence electrons. The zero-order chi connectivity index (χ0) is 27.2. The molecule has 0 aromatic heterocycles. The molecule has 1 fully saturated rings. The third kappa shape index (κ3) is 6.45. The molecule has 1 saturated carbocycles. The molecule has 0 radical (unpaired) electrons. The standard InChI is InChI=1S/C33H36N4O2/c34-28-12-6-7-13-29(28)37-30(38)19-16-22-14-17-23(18-15-22)31(33(39)36-27-10-2-1-3-11-27)32(35)26-20-24-8-4-5-9-25(24)21-26/h4-9,12-19,26-27,31,35H,1-3,10-11,20-21,34H2,(H,36,39)(H,37,38)/b19-16+,35-32?. The van der Waals surface area contributed by atoms with Gasteiger partial charge >= 0.3 is 0 Å². The van der Waals surface area contributed by atoms with Crippen molar-refractivity contribution in [3.05, 3.63) is 101 Å². The van der Waals surface area contributed by atoms with E-state index in [9.17, 15) is 15.0 Å². The first-order chi connectivity index (χ1) is 19.0. The van der Waals surface area contributed by atoms with Crippen molar-refractivity contribution >= 4 is 35.0 Å². The molecule has 1 unspecified atom stereocenters. The van der Waals surface area contributed by atoms with Crippen LogP contribution in [0.2, 0.25) is 0 Å². The Balaban J connectivity index is 1.31. The van der Waals surface area contributed by atoms with Crippen molar-refractivity contribution in [3.8, 4) is 0 Å². The minimum atomic E-state index is -0.631. The van der Waals surface area contributed by atoms with E-state index in [0.717, 1.165) is 49.7 Å². The molecule has 2 amide bonds. The molecule has 2 aliphatic carbocycles. The zero-order valence-corrected chi connectivity index (χ0v) is 22.2. The van der Waals surface area contributed by atoms with Gasteiger partial charge in [-0.3, -0.25) is 9.59 Å². The Morgan fingerprint density at radius 1 is 0.872 bits per heavy atom. The Kier molecular flexibility index (Phi) is 8.21. The normalized spacial score (nSPS) is 16.5. The number of nitrogens with one attached hydrogen (secondary N) is 3. The summed E-state index contributed by atoms with van der Waals surface area (Å²) in [5.74, 6) is -0.970. The van der Waals surface area contributed by atoms with Crippen LogP contribution in [0.1, 0.15) is 60.3 Å². The molecule has 3 aromatic carbocycles. The van der Waals surface area contributed by atoms with E-state index in [0.29, 0.717) is 17.1 Å². The number of nitrogen functional groups attached to an aromatic ring is 1. The number of hydrogen-bond donors (Lipinski definition) is 4. The van der Waals surface area contributed by atoms with Gasteiger partial charge in [-0.1, -0.05) is 79.9 Å². The van der Waals surface area contributed by atoms with Crippen LogP contribution in [0.4, 0.5) is 11.4 Å². The van der Waals surface area contributed by atoms with Crippen molar-refractivity contribution in [3.63, 3.8) is 0 Å². The van der Waals surface area contributed by atoms with Crippen LogP contribution in [0.5, 0.6) is 0 Å². The van der Waals surface area contributed by atoms with Crippen molar-refractivity contribution in [1.29, 1.82) is 5.41 Å². The van der Waals surface area contributed by atoms with E-state index in [-0.39, 0.29) is 23.8 Å². The van der Waals surface area contributed by atoms with Crippen LogP contribution < -0.4 is 16.4 Å². The van der Waals surface area contributed by atoms with Gasteiger partial charge in [0.1, 0.15) is 5.92 Å². The lowest BCUT2D eigenvalue weighted by molar-refractivity contribution is -0.122. The van der Waals surface area contributed by atoms with E-state index in [2.05, 4.69) is 22.8 Å². The number of rotatable bonds is 8. The van der Waals surface area contributed by atoms with Crippen LogP contribution in [-0.2, 0) is 22.4 Å². The van der Waals surface area contributed by atoms with E-state index in [4.69, 9.17) is 5.73 Å². The van der Waals surface area contributed by atoms with Gasteiger partial charge < -0.3 is 21.8 Å². The van der Waals surface area contributed by atoms with E-state index < -0.39 is 5.92 Å². The Bertz CT molecular complexity index is 1350. The van der Waals surface area contributed by atoms with Crippen LogP contribution in [0.15, 0.2) is 78.9 Å². The smallest absolute Gasteiger partial charge is 0.248 e. The van der Waals surface area contributed by atoms with Crippen LogP contribution in [0.3, 0.4) is 0 Å². The van der Waals surface area contributed by atoms with Crippen molar-refractivity contribution in [2.24, 2.45) is 5.92 Å². The number of carbonyl (C=O) groups excluding carboxylic acids is 2.